The highest BCUT2D eigenvalue weighted by molar-refractivity contribution is 7.46. The molecule has 0 heterocycles. The molecule has 0 aliphatic rings. The van der Waals surface area contributed by atoms with E-state index in [1.54, 1.807) is 43.5 Å². The fraction of sp³-hybridized carbons (Fsp3) is 0.0769. The second kappa shape index (κ2) is 5.96. The Labute approximate surface area is 115 Å². The van der Waals surface area contributed by atoms with E-state index in [1.807, 2.05) is 0 Å². The quantitative estimate of drug-likeness (QED) is 0.825. The molecular formula is C13H13O6P. The second-order valence-corrected chi connectivity index (χ2v) is 4.99. The normalized spacial score (nSPS) is 10.9. The van der Waals surface area contributed by atoms with Gasteiger partial charge in [0.2, 0.25) is 0 Å². The summed E-state index contributed by atoms with van der Waals surface area (Å²) in [5.41, 5.74) is 0. The van der Waals surface area contributed by atoms with Crippen molar-refractivity contribution >= 4 is 7.82 Å². The van der Waals surface area contributed by atoms with E-state index in [9.17, 15) is 4.57 Å². The first-order valence-electron chi connectivity index (χ1n) is 5.63. The lowest BCUT2D eigenvalue weighted by molar-refractivity contribution is 0.283. The van der Waals surface area contributed by atoms with Crippen molar-refractivity contribution in [2.45, 2.75) is 0 Å². The number of hydrogen-bond donors (Lipinski definition) is 2. The predicted octanol–water partition coefficient (Wildman–Crippen LogP) is 2.96. The third-order valence-corrected chi connectivity index (χ3v) is 2.79. The zero-order valence-electron chi connectivity index (χ0n) is 10.6. The van der Waals surface area contributed by atoms with Gasteiger partial charge in [-0.05, 0) is 48.5 Å². The summed E-state index contributed by atoms with van der Waals surface area (Å²) >= 11 is 0. The standard InChI is InChI=1S/C13H13O6P/c1-17-10-2-4-11(5-3-10)18-12-6-8-13(9-7-12)19-20(14,15)16/h2-9H,1H3,(H2,14,15,16). The molecule has 2 aromatic rings. The molecule has 0 unspecified atom stereocenters. The third kappa shape index (κ3) is 4.28. The van der Waals surface area contributed by atoms with Crippen LogP contribution in [0.3, 0.4) is 0 Å². The molecule has 0 atom stereocenters. The molecule has 7 heteroatoms. The monoisotopic (exact) mass is 296 g/mol. The molecule has 0 saturated heterocycles. The zero-order chi connectivity index (χ0) is 14.6. The van der Waals surface area contributed by atoms with Crippen LogP contribution in [0.15, 0.2) is 48.5 Å². The molecule has 2 N–H and O–H groups in total. The molecule has 2 rings (SSSR count). The molecule has 0 spiro atoms. The molecule has 2 aromatic carbocycles. The van der Waals surface area contributed by atoms with Crippen LogP contribution in [0.1, 0.15) is 0 Å². The summed E-state index contributed by atoms with van der Waals surface area (Å²) in [7, 11) is -2.95. The maximum absolute atomic E-state index is 10.7. The van der Waals surface area contributed by atoms with E-state index in [0.717, 1.165) is 5.75 Å². The van der Waals surface area contributed by atoms with Crippen LogP contribution in [-0.4, -0.2) is 16.9 Å². The summed E-state index contributed by atoms with van der Waals surface area (Å²) in [6.45, 7) is 0. The molecule has 6 nitrogen and oxygen atoms in total. The molecule has 106 valence electrons. The number of benzene rings is 2. The van der Waals surface area contributed by atoms with Crippen LogP contribution in [0, 0.1) is 0 Å². The minimum absolute atomic E-state index is 0.0698. The maximum Gasteiger partial charge on any atom is 0.524 e. The first-order valence-corrected chi connectivity index (χ1v) is 7.16. The van der Waals surface area contributed by atoms with E-state index >= 15 is 0 Å². The van der Waals surface area contributed by atoms with Crippen molar-refractivity contribution in [3.05, 3.63) is 48.5 Å². The van der Waals surface area contributed by atoms with Gasteiger partial charge in [0.15, 0.2) is 0 Å². The number of ether oxygens (including phenoxy) is 2. The van der Waals surface area contributed by atoms with Crippen LogP contribution < -0.4 is 14.0 Å². The van der Waals surface area contributed by atoms with E-state index in [1.165, 1.54) is 12.1 Å². The number of methoxy groups -OCH3 is 1. The molecule has 0 radical (unpaired) electrons. The lowest BCUT2D eigenvalue weighted by Crippen LogP contribution is -1.90. The van der Waals surface area contributed by atoms with Crippen molar-refractivity contribution in [3.8, 4) is 23.0 Å². The van der Waals surface area contributed by atoms with Crippen molar-refractivity contribution in [3.63, 3.8) is 0 Å². The van der Waals surface area contributed by atoms with E-state index in [4.69, 9.17) is 19.3 Å². The SMILES string of the molecule is COc1ccc(Oc2ccc(OP(=O)(O)O)cc2)cc1. The van der Waals surface area contributed by atoms with E-state index in [0.29, 0.717) is 11.5 Å². The first kappa shape index (κ1) is 14.4. The van der Waals surface area contributed by atoms with Gasteiger partial charge < -0.3 is 14.0 Å². The lowest BCUT2D eigenvalue weighted by atomic mass is 10.3. The number of phosphoric ester groups is 1. The number of phosphoric acid groups is 1. The first-order chi connectivity index (χ1) is 9.46. The van der Waals surface area contributed by atoms with Crippen molar-refractivity contribution in [2.75, 3.05) is 7.11 Å². The Balaban J connectivity index is 2.04. The fourth-order valence-electron chi connectivity index (χ4n) is 1.49. The van der Waals surface area contributed by atoms with Gasteiger partial charge in [0.1, 0.15) is 23.0 Å². The van der Waals surface area contributed by atoms with Gasteiger partial charge in [0, 0.05) is 0 Å². The topological polar surface area (TPSA) is 85.2 Å². The number of hydrogen-bond acceptors (Lipinski definition) is 4. The molecule has 0 saturated carbocycles. The summed E-state index contributed by atoms with van der Waals surface area (Å²) < 4.78 is 25.7. The highest BCUT2D eigenvalue weighted by Gasteiger charge is 2.15. The summed E-state index contributed by atoms with van der Waals surface area (Å²) in [6.07, 6.45) is 0. The minimum atomic E-state index is -4.53. The van der Waals surface area contributed by atoms with Gasteiger partial charge in [-0.1, -0.05) is 0 Å². The highest BCUT2D eigenvalue weighted by Crippen LogP contribution is 2.38. The van der Waals surface area contributed by atoms with Crippen molar-refractivity contribution in [1.29, 1.82) is 0 Å². The Morgan fingerprint density at radius 2 is 1.20 bits per heavy atom. The average molecular weight is 296 g/mol. The smallest absolute Gasteiger partial charge is 0.497 e. The summed E-state index contributed by atoms with van der Waals surface area (Å²) in [6, 6.07) is 13.0. The minimum Gasteiger partial charge on any atom is -0.497 e. The van der Waals surface area contributed by atoms with Gasteiger partial charge in [0.05, 0.1) is 7.11 Å². The predicted molar refractivity (Wildman–Crippen MR) is 72.2 cm³/mol. The maximum atomic E-state index is 10.7. The average Bonchev–Trinajstić information content (AvgIpc) is 2.40. The number of rotatable bonds is 5. The van der Waals surface area contributed by atoms with Crippen LogP contribution >= 0.6 is 7.82 Å². The summed E-state index contributed by atoms with van der Waals surface area (Å²) in [5.74, 6) is 1.94. The lowest BCUT2D eigenvalue weighted by Gasteiger charge is -2.09. The van der Waals surface area contributed by atoms with Crippen LogP contribution in [0.25, 0.3) is 0 Å². The second-order valence-electron chi connectivity index (χ2n) is 3.83. The van der Waals surface area contributed by atoms with E-state index in [-0.39, 0.29) is 5.75 Å². The molecule has 0 fully saturated rings. The van der Waals surface area contributed by atoms with E-state index < -0.39 is 7.82 Å². The molecule has 0 aliphatic heterocycles. The van der Waals surface area contributed by atoms with E-state index in [2.05, 4.69) is 4.52 Å². The zero-order valence-corrected chi connectivity index (χ0v) is 11.5. The van der Waals surface area contributed by atoms with Crippen molar-refractivity contribution in [1.82, 2.24) is 0 Å². The van der Waals surface area contributed by atoms with Gasteiger partial charge in [-0.3, -0.25) is 9.79 Å². The molecule has 20 heavy (non-hydrogen) atoms. The largest absolute Gasteiger partial charge is 0.524 e. The molecule has 0 amide bonds. The van der Waals surface area contributed by atoms with Crippen LogP contribution in [0.4, 0.5) is 0 Å². The Morgan fingerprint density at radius 3 is 1.60 bits per heavy atom. The van der Waals surface area contributed by atoms with Gasteiger partial charge in [0.25, 0.3) is 0 Å². The van der Waals surface area contributed by atoms with Crippen LogP contribution in [0.2, 0.25) is 0 Å². The Hall–Kier alpha value is -2.01. The molecule has 0 bridgehead atoms. The van der Waals surface area contributed by atoms with Gasteiger partial charge >= 0.3 is 7.82 Å². The van der Waals surface area contributed by atoms with Gasteiger partial charge in [-0.25, -0.2) is 4.57 Å². The third-order valence-electron chi connectivity index (χ3n) is 2.34. The fourth-order valence-corrected chi connectivity index (χ4v) is 1.88. The van der Waals surface area contributed by atoms with Crippen molar-refractivity contribution in [2.24, 2.45) is 0 Å². The molecule has 0 aliphatic carbocycles. The highest BCUT2D eigenvalue weighted by atomic mass is 31.2. The van der Waals surface area contributed by atoms with Crippen LogP contribution in [0.5, 0.6) is 23.0 Å². The summed E-state index contributed by atoms with van der Waals surface area (Å²) in [4.78, 5) is 17.3. The Morgan fingerprint density at radius 1 is 0.800 bits per heavy atom. The molecular weight excluding hydrogens is 283 g/mol. The van der Waals surface area contributed by atoms with Gasteiger partial charge in [-0.2, -0.15) is 0 Å². The summed E-state index contributed by atoms with van der Waals surface area (Å²) in [5, 5.41) is 0. The molecule has 0 aromatic heterocycles. The van der Waals surface area contributed by atoms with Crippen molar-refractivity contribution < 1.29 is 28.3 Å². The Kier molecular flexibility index (Phi) is 4.29. The van der Waals surface area contributed by atoms with Crippen LogP contribution in [-0.2, 0) is 4.57 Å². The Bertz CT molecular complexity index is 602. The van der Waals surface area contributed by atoms with Gasteiger partial charge in [-0.15, -0.1) is 0 Å².